The van der Waals surface area contributed by atoms with Gasteiger partial charge in [0.2, 0.25) is 0 Å². The molecule has 2 heterocycles. The van der Waals surface area contributed by atoms with Gasteiger partial charge in [0.15, 0.2) is 11.5 Å². The van der Waals surface area contributed by atoms with E-state index in [9.17, 15) is 4.79 Å². The molecule has 0 aliphatic heterocycles. The van der Waals surface area contributed by atoms with E-state index in [4.69, 9.17) is 14.4 Å². The van der Waals surface area contributed by atoms with Crippen LogP contribution in [0.5, 0.6) is 5.75 Å². The standard InChI is InChI=1S/C31H30N4O3/c1-22(2)17-18-37-27-15-13-24(14-16-27)30-25(21-35(33-30)26-11-7-4-8-12-26)20-32-31(36)28-19-29(38-34-28)23-9-5-3-6-10-23/h3-16,19,21-22H,17-18,20H2,1-2H3,(H,32,36). The van der Waals surface area contributed by atoms with E-state index in [1.54, 1.807) is 6.07 Å². The van der Waals surface area contributed by atoms with Gasteiger partial charge in [0, 0.05) is 35.5 Å². The maximum atomic E-state index is 12.9. The Balaban J connectivity index is 1.35. The number of ether oxygens (including phenoxy) is 1. The lowest BCUT2D eigenvalue weighted by Crippen LogP contribution is -2.23. The largest absolute Gasteiger partial charge is 0.494 e. The van der Waals surface area contributed by atoms with Crippen LogP contribution in [0.2, 0.25) is 0 Å². The Morgan fingerprint density at radius 3 is 2.37 bits per heavy atom. The number of nitrogens with one attached hydrogen (secondary N) is 1. The summed E-state index contributed by atoms with van der Waals surface area (Å²) >= 11 is 0. The zero-order valence-corrected chi connectivity index (χ0v) is 21.5. The Hall–Kier alpha value is -4.65. The number of hydrogen-bond acceptors (Lipinski definition) is 5. The van der Waals surface area contributed by atoms with Crippen LogP contribution in [-0.4, -0.2) is 27.5 Å². The number of carbonyl (C=O) groups is 1. The molecule has 7 heteroatoms. The Morgan fingerprint density at radius 2 is 1.66 bits per heavy atom. The van der Waals surface area contributed by atoms with E-state index in [2.05, 4.69) is 24.3 Å². The second-order valence-electron chi connectivity index (χ2n) is 9.46. The SMILES string of the molecule is CC(C)CCOc1ccc(-c2nn(-c3ccccc3)cc2CNC(=O)c2cc(-c3ccccc3)on2)cc1. The third-order valence-electron chi connectivity index (χ3n) is 6.14. The molecule has 0 saturated carbocycles. The fraction of sp³-hybridized carbons (Fsp3) is 0.194. The number of hydrogen-bond donors (Lipinski definition) is 1. The molecule has 2 aromatic heterocycles. The van der Waals surface area contributed by atoms with Crippen LogP contribution in [0.1, 0.15) is 36.3 Å². The molecule has 0 fully saturated rings. The normalized spacial score (nSPS) is 11.0. The van der Waals surface area contributed by atoms with Crippen molar-refractivity contribution in [1.29, 1.82) is 0 Å². The van der Waals surface area contributed by atoms with E-state index >= 15 is 0 Å². The smallest absolute Gasteiger partial charge is 0.273 e. The summed E-state index contributed by atoms with van der Waals surface area (Å²) in [7, 11) is 0. The molecule has 1 amide bonds. The summed E-state index contributed by atoms with van der Waals surface area (Å²) in [6.07, 6.45) is 2.95. The van der Waals surface area contributed by atoms with Crippen molar-refractivity contribution in [1.82, 2.24) is 20.3 Å². The third-order valence-corrected chi connectivity index (χ3v) is 6.14. The van der Waals surface area contributed by atoms with E-state index in [1.807, 2.05) is 95.8 Å². The summed E-state index contributed by atoms with van der Waals surface area (Å²) in [4.78, 5) is 12.9. The molecule has 0 atom stereocenters. The van der Waals surface area contributed by atoms with Gasteiger partial charge in [-0.1, -0.05) is 67.5 Å². The lowest BCUT2D eigenvalue weighted by Gasteiger charge is -2.09. The average Bonchev–Trinajstić information content (AvgIpc) is 3.61. The highest BCUT2D eigenvalue weighted by Gasteiger charge is 2.17. The Kier molecular flexibility index (Phi) is 7.64. The molecular weight excluding hydrogens is 476 g/mol. The van der Waals surface area contributed by atoms with E-state index in [0.29, 0.717) is 18.3 Å². The van der Waals surface area contributed by atoms with Crippen molar-refractivity contribution < 1.29 is 14.1 Å². The van der Waals surface area contributed by atoms with Crippen molar-refractivity contribution in [2.75, 3.05) is 6.61 Å². The number of benzene rings is 3. The van der Waals surface area contributed by atoms with Crippen LogP contribution in [0, 0.1) is 5.92 Å². The fourth-order valence-corrected chi connectivity index (χ4v) is 4.00. The zero-order valence-electron chi connectivity index (χ0n) is 21.5. The molecule has 0 spiro atoms. The van der Waals surface area contributed by atoms with E-state index in [0.717, 1.165) is 40.2 Å². The van der Waals surface area contributed by atoms with Crippen LogP contribution in [0.25, 0.3) is 28.3 Å². The van der Waals surface area contributed by atoms with Gasteiger partial charge >= 0.3 is 0 Å². The highest BCUT2D eigenvalue weighted by atomic mass is 16.5. The van der Waals surface area contributed by atoms with Gasteiger partial charge in [-0.2, -0.15) is 5.10 Å². The molecule has 3 aromatic carbocycles. The molecular formula is C31H30N4O3. The van der Waals surface area contributed by atoms with Gasteiger partial charge < -0.3 is 14.6 Å². The molecule has 0 aliphatic carbocycles. The quantitative estimate of drug-likeness (QED) is 0.232. The molecule has 7 nitrogen and oxygen atoms in total. The molecule has 0 aliphatic rings. The summed E-state index contributed by atoms with van der Waals surface area (Å²) in [5.74, 6) is 1.65. The Labute approximate surface area is 222 Å². The van der Waals surface area contributed by atoms with Crippen molar-refractivity contribution in [3.8, 4) is 34.0 Å². The number of amides is 1. The van der Waals surface area contributed by atoms with Crippen LogP contribution in [0.4, 0.5) is 0 Å². The topological polar surface area (TPSA) is 82.2 Å². The second-order valence-corrected chi connectivity index (χ2v) is 9.46. The summed E-state index contributed by atoms with van der Waals surface area (Å²) < 4.78 is 13.1. The summed E-state index contributed by atoms with van der Waals surface area (Å²) in [5, 5.41) is 11.8. The van der Waals surface area contributed by atoms with Gasteiger partial charge in [-0.15, -0.1) is 0 Å². The van der Waals surface area contributed by atoms with Gasteiger partial charge in [-0.05, 0) is 48.7 Å². The highest BCUT2D eigenvalue weighted by molar-refractivity contribution is 5.93. The first-order valence-corrected chi connectivity index (χ1v) is 12.7. The van der Waals surface area contributed by atoms with Crippen molar-refractivity contribution in [3.63, 3.8) is 0 Å². The van der Waals surface area contributed by atoms with Crippen molar-refractivity contribution in [2.24, 2.45) is 5.92 Å². The van der Waals surface area contributed by atoms with E-state index in [1.165, 1.54) is 0 Å². The minimum absolute atomic E-state index is 0.226. The molecule has 0 unspecified atom stereocenters. The van der Waals surface area contributed by atoms with Crippen molar-refractivity contribution in [3.05, 3.63) is 108 Å². The van der Waals surface area contributed by atoms with Crippen LogP contribution in [-0.2, 0) is 6.54 Å². The predicted molar refractivity (Wildman–Crippen MR) is 147 cm³/mol. The van der Waals surface area contributed by atoms with E-state index in [-0.39, 0.29) is 18.1 Å². The minimum Gasteiger partial charge on any atom is -0.494 e. The molecule has 1 N–H and O–H groups in total. The number of carbonyl (C=O) groups excluding carboxylic acids is 1. The fourth-order valence-electron chi connectivity index (χ4n) is 4.00. The highest BCUT2D eigenvalue weighted by Crippen LogP contribution is 2.26. The number of para-hydroxylation sites is 1. The molecule has 0 saturated heterocycles. The van der Waals surface area contributed by atoms with Crippen molar-refractivity contribution in [2.45, 2.75) is 26.8 Å². The maximum absolute atomic E-state index is 12.9. The second kappa shape index (κ2) is 11.6. The minimum atomic E-state index is -0.316. The third kappa shape index (κ3) is 6.00. The molecule has 0 bridgehead atoms. The summed E-state index contributed by atoms with van der Waals surface area (Å²) in [6.45, 7) is 5.33. The maximum Gasteiger partial charge on any atom is 0.273 e. The Morgan fingerprint density at radius 1 is 0.947 bits per heavy atom. The first kappa shape index (κ1) is 25.0. The molecule has 38 heavy (non-hydrogen) atoms. The van der Waals surface area contributed by atoms with Gasteiger partial charge in [0.1, 0.15) is 5.75 Å². The van der Waals surface area contributed by atoms with Crippen LogP contribution in [0.15, 0.2) is 102 Å². The van der Waals surface area contributed by atoms with Crippen LogP contribution < -0.4 is 10.1 Å². The van der Waals surface area contributed by atoms with Gasteiger partial charge in [0.25, 0.3) is 5.91 Å². The number of aromatic nitrogens is 3. The van der Waals surface area contributed by atoms with Crippen molar-refractivity contribution >= 4 is 5.91 Å². The molecule has 5 aromatic rings. The lowest BCUT2D eigenvalue weighted by atomic mass is 10.1. The van der Waals surface area contributed by atoms with Gasteiger partial charge in [-0.25, -0.2) is 4.68 Å². The number of nitrogens with zero attached hydrogens (tertiary/aromatic N) is 3. The van der Waals surface area contributed by atoms with Crippen LogP contribution >= 0.6 is 0 Å². The number of rotatable bonds is 10. The monoisotopic (exact) mass is 506 g/mol. The summed E-state index contributed by atoms with van der Waals surface area (Å²) in [5.41, 5.74) is 4.62. The zero-order chi connectivity index (χ0) is 26.3. The van der Waals surface area contributed by atoms with Crippen LogP contribution in [0.3, 0.4) is 0 Å². The average molecular weight is 507 g/mol. The summed E-state index contributed by atoms with van der Waals surface area (Å²) in [6, 6.07) is 29.0. The molecule has 0 radical (unpaired) electrons. The first-order valence-electron chi connectivity index (χ1n) is 12.7. The lowest BCUT2D eigenvalue weighted by molar-refractivity contribution is 0.0942. The van der Waals surface area contributed by atoms with Gasteiger partial charge in [0.05, 0.1) is 18.0 Å². The van der Waals surface area contributed by atoms with Gasteiger partial charge in [-0.3, -0.25) is 4.79 Å². The van der Waals surface area contributed by atoms with E-state index < -0.39 is 0 Å². The first-order chi connectivity index (χ1) is 18.6. The molecule has 192 valence electrons. The molecule has 5 rings (SSSR count). The predicted octanol–water partition coefficient (Wildman–Crippen LogP) is 6.55. The Bertz CT molecular complexity index is 1470.